The van der Waals surface area contributed by atoms with E-state index in [0.717, 1.165) is 24.8 Å². The monoisotopic (exact) mass is 496 g/mol. The molecule has 35 heavy (non-hydrogen) atoms. The molecule has 3 aromatic rings. The molecule has 186 valence electrons. The van der Waals surface area contributed by atoms with Crippen LogP contribution in [-0.4, -0.2) is 61.4 Å². The standard InChI is InChI=1S/C26H32N4O4S/c1-3-5-9-20-12-14-21(15-13-20)35(32,33)30-17-8-16-29(18-19-30)25-24(26(31)34-4-2)27-22-10-6-7-11-23(22)28-25/h6-7,10-15H,3-5,8-9,16-19H2,1-2H3. The highest BCUT2D eigenvalue weighted by Gasteiger charge is 2.29. The van der Waals surface area contributed by atoms with E-state index in [1.165, 1.54) is 4.31 Å². The minimum absolute atomic E-state index is 0.157. The number of anilines is 1. The topological polar surface area (TPSA) is 92.7 Å². The van der Waals surface area contributed by atoms with Crippen molar-refractivity contribution in [1.29, 1.82) is 0 Å². The number of hydrogen-bond acceptors (Lipinski definition) is 7. The fraction of sp³-hybridized carbons (Fsp3) is 0.423. The zero-order chi connectivity index (χ0) is 24.8. The summed E-state index contributed by atoms with van der Waals surface area (Å²) in [4.78, 5) is 24.2. The Morgan fingerprint density at radius 3 is 2.34 bits per heavy atom. The highest BCUT2D eigenvalue weighted by molar-refractivity contribution is 7.89. The number of aryl methyl sites for hydroxylation is 1. The molecule has 0 unspecified atom stereocenters. The highest BCUT2D eigenvalue weighted by Crippen LogP contribution is 2.25. The van der Waals surface area contributed by atoms with Gasteiger partial charge in [0.25, 0.3) is 0 Å². The first-order chi connectivity index (χ1) is 16.9. The first kappa shape index (κ1) is 25.1. The van der Waals surface area contributed by atoms with Crippen molar-refractivity contribution >= 4 is 32.8 Å². The van der Waals surface area contributed by atoms with Crippen LogP contribution in [-0.2, 0) is 21.2 Å². The summed E-state index contributed by atoms with van der Waals surface area (Å²) in [5, 5.41) is 0. The fourth-order valence-electron chi connectivity index (χ4n) is 4.25. The van der Waals surface area contributed by atoms with Gasteiger partial charge in [0.2, 0.25) is 10.0 Å². The summed E-state index contributed by atoms with van der Waals surface area (Å²) in [7, 11) is -3.62. The van der Waals surface area contributed by atoms with Crippen molar-refractivity contribution in [2.45, 2.75) is 44.4 Å². The molecule has 0 radical (unpaired) electrons. The summed E-state index contributed by atoms with van der Waals surface area (Å²) >= 11 is 0. The molecule has 1 fully saturated rings. The summed E-state index contributed by atoms with van der Waals surface area (Å²) in [6.07, 6.45) is 3.74. The molecule has 0 bridgehead atoms. The molecular weight excluding hydrogens is 464 g/mol. The van der Waals surface area contributed by atoms with Crippen LogP contribution in [0.2, 0.25) is 0 Å². The van der Waals surface area contributed by atoms with Gasteiger partial charge < -0.3 is 9.64 Å². The molecule has 0 amide bonds. The normalized spacial score (nSPS) is 15.2. The lowest BCUT2D eigenvalue weighted by molar-refractivity contribution is 0.0520. The van der Waals surface area contributed by atoms with Crippen LogP contribution in [0, 0.1) is 0 Å². The van der Waals surface area contributed by atoms with E-state index in [9.17, 15) is 13.2 Å². The molecule has 9 heteroatoms. The van der Waals surface area contributed by atoms with Crippen molar-refractivity contribution in [2.75, 3.05) is 37.7 Å². The molecule has 0 saturated carbocycles. The Bertz CT molecular complexity index is 1280. The Labute approximate surface area is 207 Å². The molecule has 0 spiro atoms. The predicted molar refractivity (Wildman–Crippen MR) is 136 cm³/mol. The van der Waals surface area contributed by atoms with Crippen molar-refractivity contribution in [3.05, 3.63) is 59.8 Å². The minimum Gasteiger partial charge on any atom is -0.461 e. The highest BCUT2D eigenvalue weighted by atomic mass is 32.2. The maximum atomic E-state index is 13.3. The van der Waals surface area contributed by atoms with Crippen molar-refractivity contribution in [3.63, 3.8) is 0 Å². The van der Waals surface area contributed by atoms with E-state index in [2.05, 4.69) is 11.9 Å². The quantitative estimate of drug-likeness (QED) is 0.434. The Hall–Kier alpha value is -3.04. The maximum Gasteiger partial charge on any atom is 0.360 e. The molecule has 2 aromatic carbocycles. The third kappa shape index (κ3) is 5.62. The van der Waals surface area contributed by atoms with Crippen LogP contribution in [0.3, 0.4) is 0 Å². The number of carbonyl (C=O) groups is 1. The molecule has 1 aliphatic heterocycles. The molecule has 8 nitrogen and oxygen atoms in total. The lowest BCUT2D eigenvalue weighted by atomic mass is 10.1. The Morgan fingerprint density at radius 1 is 0.943 bits per heavy atom. The molecular formula is C26H32N4O4S. The van der Waals surface area contributed by atoms with Crippen LogP contribution in [0.5, 0.6) is 0 Å². The summed E-state index contributed by atoms with van der Waals surface area (Å²) in [5.41, 5.74) is 2.59. The largest absolute Gasteiger partial charge is 0.461 e. The number of unbranched alkanes of at least 4 members (excludes halogenated alkanes) is 1. The van der Waals surface area contributed by atoms with Gasteiger partial charge in [-0.05, 0) is 56.0 Å². The second-order valence-corrected chi connectivity index (χ2v) is 10.5. The van der Waals surface area contributed by atoms with Gasteiger partial charge in [-0.2, -0.15) is 4.31 Å². The number of ether oxygens (including phenoxy) is 1. The molecule has 0 N–H and O–H groups in total. The van der Waals surface area contributed by atoms with Crippen LogP contribution in [0.25, 0.3) is 11.0 Å². The van der Waals surface area contributed by atoms with E-state index in [-0.39, 0.29) is 18.8 Å². The smallest absolute Gasteiger partial charge is 0.360 e. The second-order valence-electron chi connectivity index (χ2n) is 8.60. The SMILES string of the molecule is CCCCc1ccc(S(=O)(=O)N2CCCN(c3nc4ccccc4nc3C(=O)OCC)CC2)cc1. The van der Waals surface area contributed by atoms with E-state index in [0.29, 0.717) is 47.8 Å². The number of benzene rings is 2. The van der Waals surface area contributed by atoms with Crippen LogP contribution >= 0.6 is 0 Å². The summed E-state index contributed by atoms with van der Waals surface area (Å²) in [5.74, 6) is -0.0979. The number of sulfonamides is 1. The fourth-order valence-corrected chi connectivity index (χ4v) is 5.72. The number of para-hydroxylation sites is 2. The maximum absolute atomic E-state index is 13.3. The molecule has 2 heterocycles. The number of fused-ring (bicyclic) bond motifs is 1. The molecule has 4 rings (SSSR count). The number of nitrogens with zero attached hydrogens (tertiary/aromatic N) is 4. The average Bonchev–Trinajstić information content (AvgIpc) is 3.14. The number of rotatable bonds is 8. The first-order valence-corrected chi connectivity index (χ1v) is 13.7. The zero-order valence-electron chi connectivity index (χ0n) is 20.3. The van der Waals surface area contributed by atoms with Gasteiger partial charge in [-0.1, -0.05) is 37.6 Å². The number of carbonyl (C=O) groups excluding carboxylic acids is 1. The third-order valence-corrected chi connectivity index (χ3v) is 8.07. The molecule has 1 aromatic heterocycles. The van der Waals surface area contributed by atoms with Gasteiger partial charge >= 0.3 is 5.97 Å². The van der Waals surface area contributed by atoms with Crippen molar-refractivity contribution in [2.24, 2.45) is 0 Å². The molecule has 1 aliphatic rings. The third-order valence-electron chi connectivity index (χ3n) is 6.16. The van der Waals surface area contributed by atoms with Gasteiger partial charge in [0.05, 0.1) is 22.5 Å². The first-order valence-electron chi connectivity index (χ1n) is 12.2. The van der Waals surface area contributed by atoms with Crippen molar-refractivity contribution in [1.82, 2.24) is 14.3 Å². The van der Waals surface area contributed by atoms with E-state index in [1.54, 1.807) is 25.1 Å². The number of aromatic nitrogens is 2. The van der Waals surface area contributed by atoms with Crippen LogP contribution in [0.1, 0.15) is 49.2 Å². The molecule has 1 saturated heterocycles. The van der Waals surface area contributed by atoms with Gasteiger partial charge in [0.15, 0.2) is 11.5 Å². The molecule has 0 aliphatic carbocycles. The summed E-state index contributed by atoms with van der Waals surface area (Å²) in [6.45, 7) is 5.76. The van der Waals surface area contributed by atoms with E-state index < -0.39 is 16.0 Å². The van der Waals surface area contributed by atoms with E-state index in [4.69, 9.17) is 9.72 Å². The predicted octanol–water partition coefficient (Wildman–Crippen LogP) is 4.05. The van der Waals surface area contributed by atoms with E-state index >= 15 is 0 Å². The Morgan fingerprint density at radius 2 is 1.66 bits per heavy atom. The lowest BCUT2D eigenvalue weighted by Gasteiger charge is -2.24. The van der Waals surface area contributed by atoms with Gasteiger partial charge in [-0.3, -0.25) is 0 Å². The average molecular weight is 497 g/mol. The van der Waals surface area contributed by atoms with Crippen LogP contribution in [0.15, 0.2) is 53.4 Å². The molecule has 0 atom stereocenters. The number of esters is 1. The minimum atomic E-state index is -3.62. The van der Waals surface area contributed by atoms with Gasteiger partial charge in [-0.25, -0.2) is 23.2 Å². The Balaban J connectivity index is 1.56. The number of hydrogen-bond donors (Lipinski definition) is 0. The summed E-state index contributed by atoms with van der Waals surface area (Å²) in [6, 6.07) is 14.6. The summed E-state index contributed by atoms with van der Waals surface area (Å²) < 4.78 is 33.5. The second kappa shape index (κ2) is 11.1. The van der Waals surface area contributed by atoms with Crippen LogP contribution in [0.4, 0.5) is 5.82 Å². The van der Waals surface area contributed by atoms with Crippen LogP contribution < -0.4 is 4.90 Å². The van der Waals surface area contributed by atoms with Crippen molar-refractivity contribution in [3.8, 4) is 0 Å². The van der Waals surface area contributed by atoms with E-state index in [1.807, 2.05) is 35.2 Å². The zero-order valence-corrected chi connectivity index (χ0v) is 21.1. The van der Waals surface area contributed by atoms with Gasteiger partial charge in [0.1, 0.15) is 0 Å². The van der Waals surface area contributed by atoms with Gasteiger partial charge in [0, 0.05) is 26.2 Å². The lowest BCUT2D eigenvalue weighted by Crippen LogP contribution is -2.36. The van der Waals surface area contributed by atoms with Gasteiger partial charge in [-0.15, -0.1) is 0 Å². The Kier molecular flexibility index (Phi) is 7.97. The van der Waals surface area contributed by atoms with Crippen molar-refractivity contribution < 1.29 is 17.9 Å².